The average Bonchev–Trinajstić information content (AvgIpc) is 2.74. The summed E-state index contributed by atoms with van der Waals surface area (Å²) >= 11 is 0. The third kappa shape index (κ3) is 3.86. The normalized spacial score (nSPS) is 18.4. The first-order valence-electron chi connectivity index (χ1n) is 9.16. The van der Waals surface area contributed by atoms with Gasteiger partial charge >= 0.3 is 0 Å². The Morgan fingerprint density at radius 3 is 1.89 bits per heavy atom. The van der Waals surface area contributed by atoms with Crippen LogP contribution in [0.3, 0.4) is 0 Å². The monoisotopic (exact) mass is 370 g/mol. The molecule has 3 aromatic rings. The van der Waals surface area contributed by atoms with Crippen molar-refractivity contribution in [1.82, 2.24) is 0 Å². The van der Waals surface area contributed by atoms with Gasteiger partial charge in [0.2, 0.25) is 0 Å². The number of nitrogens with two attached hydrogens (primary N) is 2. The van der Waals surface area contributed by atoms with Crippen molar-refractivity contribution in [2.45, 2.75) is 12.0 Å². The van der Waals surface area contributed by atoms with Crippen LogP contribution in [0.2, 0.25) is 0 Å². The van der Waals surface area contributed by atoms with Crippen molar-refractivity contribution in [2.75, 3.05) is 11.5 Å². The van der Waals surface area contributed by atoms with E-state index in [-0.39, 0.29) is 0 Å². The molecular formula is C24H22N2O2. The van der Waals surface area contributed by atoms with Crippen LogP contribution in [0.4, 0.5) is 11.4 Å². The summed E-state index contributed by atoms with van der Waals surface area (Å²) in [7, 11) is 0. The Kier molecular flexibility index (Phi) is 4.77. The standard InChI is InChI=1S/C24H22N2O2/c25-19-6-10-21(11-7-19)27-22-14-16-24(17-15-22,18-4-2-1-3-5-18)28-23-12-8-20(26)9-13-23/h1-16H,17,25-26H2. The second kappa shape index (κ2) is 7.53. The minimum Gasteiger partial charge on any atom is -0.478 e. The molecule has 1 unspecified atom stereocenters. The van der Waals surface area contributed by atoms with Gasteiger partial charge in [-0.3, -0.25) is 0 Å². The van der Waals surface area contributed by atoms with Gasteiger partial charge in [0.15, 0.2) is 5.60 Å². The highest BCUT2D eigenvalue weighted by molar-refractivity contribution is 5.45. The Morgan fingerprint density at radius 2 is 1.32 bits per heavy atom. The lowest BCUT2D eigenvalue weighted by molar-refractivity contribution is 0.119. The number of hydrogen-bond donors (Lipinski definition) is 2. The third-order valence-electron chi connectivity index (χ3n) is 4.68. The fraction of sp³-hybridized carbons (Fsp3) is 0.0833. The predicted molar refractivity (Wildman–Crippen MR) is 113 cm³/mol. The van der Waals surface area contributed by atoms with E-state index >= 15 is 0 Å². The van der Waals surface area contributed by atoms with Crippen molar-refractivity contribution >= 4 is 11.4 Å². The maximum absolute atomic E-state index is 6.44. The Balaban J connectivity index is 1.59. The van der Waals surface area contributed by atoms with Crippen molar-refractivity contribution in [3.63, 3.8) is 0 Å². The molecule has 0 radical (unpaired) electrons. The number of ether oxygens (including phenoxy) is 2. The van der Waals surface area contributed by atoms with E-state index in [0.29, 0.717) is 17.8 Å². The summed E-state index contributed by atoms with van der Waals surface area (Å²) in [6.45, 7) is 0. The molecule has 0 heterocycles. The lowest BCUT2D eigenvalue weighted by Crippen LogP contribution is -2.32. The molecule has 28 heavy (non-hydrogen) atoms. The van der Waals surface area contributed by atoms with E-state index in [1.807, 2.05) is 85.0 Å². The fourth-order valence-electron chi connectivity index (χ4n) is 3.17. The molecule has 0 bridgehead atoms. The molecule has 4 rings (SSSR count). The molecule has 1 aliphatic rings. The van der Waals surface area contributed by atoms with Crippen LogP contribution in [0.15, 0.2) is 103 Å². The van der Waals surface area contributed by atoms with E-state index in [1.54, 1.807) is 0 Å². The van der Waals surface area contributed by atoms with Crippen LogP contribution in [-0.4, -0.2) is 0 Å². The van der Waals surface area contributed by atoms with Crippen molar-refractivity contribution < 1.29 is 9.47 Å². The van der Waals surface area contributed by atoms with Crippen LogP contribution < -0.4 is 20.9 Å². The van der Waals surface area contributed by atoms with E-state index in [9.17, 15) is 0 Å². The summed E-state index contributed by atoms with van der Waals surface area (Å²) in [5.74, 6) is 2.29. The number of hydrogen-bond acceptors (Lipinski definition) is 4. The molecule has 0 spiro atoms. The maximum atomic E-state index is 6.44. The Morgan fingerprint density at radius 1 is 0.714 bits per heavy atom. The first kappa shape index (κ1) is 17.7. The number of benzene rings is 3. The average molecular weight is 370 g/mol. The minimum atomic E-state index is -0.606. The molecule has 1 atom stereocenters. The van der Waals surface area contributed by atoms with E-state index in [2.05, 4.69) is 12.1 Å². The van der Waals surface area contributed by atoms with Crippen molar-refractivity contribution in [2.24, 2.45) is 0 Å². The molecule has 4 heteroatoms. The van der Waals surface area contributed by atoms with Crippen molar-refractivity contribution in [1.29, 1.82) is 0 Å². The van der Waals surface area contributed by atoms with E-state index in [0.717, 1.165) is 22.8 Å². The highest BCUT2D eigenvalue weighted by Gasteiger charge is 2.33. The summed E-state index contributed by atoms with van der Waals surface area (Å²) < 4.78 is 12.4. The summed E-state index contributed by atoms with van der Waals surface area (Å²) in [5, 5.41) is 0. The van der Waals surface area contributed by atoms with Crippen LogP contribution in [-0.2, 0) is 5.60 Å². The minimum absolute atomic E-state index is 0.606. The molecule has 0 fully saturated rings. The summed E-state index contributed by atoms with van der Waals surface area (Å²) in [6.07, 6.45) is 6.68. The van der Waals surface area contributed by atoms with Gasteiger partial charge in [0.25, 0.3) is 0 Å². The number of rotatable bonds is 5. The van der Waals surface area contributed by atoms with Gasteiger partial charge in [-0.25, -0.2) is 0 Å². The summed E-state index contributed by atoms with van der Waals surface area (Å²) in [4.78, 5) is 0. The van der Waals surface area contributed by atoms with Crippen molar-refractivity contribution in [3.05, 3.63) is 108 Å². The Bertz CT molecular complexity index is 993. The lowest BCUT2D eigenvalue weighted by atomic mass is 9.86. The topological polar surface area (TPSA) is 70.5 Å². The first-order chi connectivity index (χ1) is 13.6. The van der Waals surface area contributed by atoms with Crippen LogP contribution in [0.5, 0.6) is 11.5 Å². The zero-order chi connectivity index (χ0) is 19.4. The van der Waals surface area contributed by atoms with E-state index < -0.39 is 5.60 Å². The van der Waals surface area contributed by atoms with Gasteiger partial charge in [0.1, 0.15) is 17.3 Å². The van der Waals surface area contributed by atoms with Crippen LogP contribution in [0.25, 0.3) is 0 Å². The van der Waals surface area contributed by atoms with E-state index in [1.165, 1.54) is 0 Å². The quantitative estimate of drug-likeness (QED) is 0.617. The predicted octanol–water partition coefficient (Wildman–Crippen LogP) is 5.05. The van der Waals surface area contributed by atoms with Gasteiger partial charge in [0.05, 0.1) is 0 Å². The molecule has 0 aliphatic heterocycles. The van der Waals surface area contributed by atoms with E-state index in [4.69, 9.17) is 20.9 Å². The second-order valence-corrected chi connectivity index (χ2v) is 6.74. The lowest BCUT2D eigenvalue weighted by Gasteiger charge is -2.33. The largest absolute Gasteiger partial charge is 0.478 e. The Labute approximate surface area is 164 Å². The fourth-order valence-corrected chi connectivity index (χ4v) is 3.17. The molecule has 0 amide bonds. The highest BCUT2D eigenvalue weighted by Crippen LogP contribution is 2.37. The Hall–Kier alpha value is -3.66. The molecular weight excluding hydrogens is 348 g/mol. The van der Waals surface area contributed by atoms with Crippen LogP contribution >= 0.6 is 0 Å². The first-order valence-corrected chi connectivity index (χ1v) is 9.16. The second-order valence-electron chi connectivity index (χ2n) is 6.74. The molecule has 140 valence electrons. The van der Waals surface area contributed by atoms with Gasteiger partial charge in [-0.15, -0.1) is 0 Å². The van der Waals surface area contributed by atoms with Crippen molar-refractivity contribution in [3.8, 4) is 11.5 Å². The number of nitrogen functional groups attached to an aromatic ring is 2. The number of anilines is 2. The van der Waals surface area contributed by atoms with Gasteiger partial charge in [-0.2, -0.15) is 0 Å². The molecule has 3 aromatic carbocycles. The summed E-state index contributed by atoms with van der Waals surface area (Å²) in [5.41, 5.74) is 13.4. The van der Waals surface area contributed by atoms with Crippen LogP contribution in [0.1, 0.15) is 12.0 Å². The summed E-state index contributed by atoms with van der Waals surface area (Å²) in [6, 6.07) is 25.0. The third-order valence-corrected chi connectivity index (χ3v) is 4.68. The van der Waals surface area contributed by atoms with Crippen LogP contribution in [0, 0.1) is 0 Å². The highest BCUT2D eigenvalue weighted by atomic mass is 16.5. The molecule has 0 aromatic heterocycles. The smallest absolute Gasteiger partial charge is 0.156 e. The van der Waals surface area contributed by atoms with Gasteiger partial charge in [-0.1, -0.05) is 30.3 Å². The van der Waals surface area contributed by atoms with Gasteiger partial charge < -0.3 is 20.9 Å². The molecule has 0 saturated carbocycles. The molecule has 0 saturated heterocycles. The molecule has 1 aliphatic carbocycles. The van der Waals surface area contributed by atoms with Gasteiger partial charge in [-0.05, 0) is 72.3 Å². The zero-order valence-corrected chi connectivity index (χ0v) is 15.4. The van der Waals surface area contributed by atoms with Gasteiger partial charge in [0, 0.05) is 17.8 Å². The number of allylic oxidation sites excluding steroid dienone is 1. The SMILES string of the molecule is Nc1ccc(OC2=CCC(Oc3ccc(N)cc3)(c3ccccc3)C=C2)cc1. The maximum Gasteiger partial charge on any atom is 0.156 e. The molecule has 4 N–H and O–H groups in total. The molecule has 4 nitrogen and oxygen atoms in total. The zero-order valence-electron chi connectivity index (χ0n) is 15.4.